The average molecular weight is 281 g/mol. The molecule has 5 heteroatoms. The SMILES string of the molecule is CN(C(=O)C1(C(N)=NO)CCC1)C1CCC(C)(C)CC1. The minimum absolute atomic E-state index is 0.0313. The Kier molecular flexibility index (Phi) is 3.98. The zero-order valence-corrected chi connectivity index (χ0v) is 12.9. The maximum Gasteiger partial charge on any atom is 0.236 e. The summed E-state index contributed by atoms with van der Waals surface area (Å²) in [6.07, 6.45) is 6.74. The lowest BCUT2D eigenvalue weighted by Gasteiger charge is -2.45. The van der Waals surface area contributed by atoms with E-state index in [1.54, 1.807) is 0 Å². The fraction of sp³-hybridized carbons (Fsp3) is 0.867. The standard InChI is InChI=1S/C15H27N3O2/c1-14(2)9-5-11(6-10-14)18(3)13(19)15(7-4-8-15)12(16)17-20/h11,20H,4-10H2,1-3H3,(H2,16,17). The summed E-state index contributed by atoms with van der Waals surface area (Å²) in [5.74, 6) is 0.112. The van der Waals surface area contributed by atoms with Gasteiger partial charge in [0.05, 0.1) is 0 Å². The third-order valence-corrected chi connectivity index (χ3v) is 5.39. The molecule has 0 aliphatic heterocycles. The highest BCUT2D eigenvalue weighted by atomic mass is 16.4. The van der Waals surface area contributed by atoms with Gasteiger partial charge in [-0.05, 0) is 43.9 Å². The van der Waals surface area contributed by atoms with Crippen LogP contribution in [0.2, 0.25) is 0 Å². The molecule has 20 heavy (non-hydrogen) atoms. The molecule has 1 amide bonds. The van der Waals surface area contributed by atoms with Gasteiger partial charge in [-0.3, -0.25) is 4.79 Å². The van der Waals surface area contributed by atoms with E-state index in [0.29, 0.717) is 24.3 Å². The Hall–Kier alpha value is -1.26. The molecular formula is C15H27N3O2. The van der Waals surface area contributed by atoms with E-state index in [2.05, 4.69) is 19.0 Å². The summed E-state index contributed by atoms with van der Waals surface area (Å²) in [6.45, 7) is 4.57. The second kappa shape index (κ2) is 5.26. The van der Waals surface area contributed by atoms with Crippen LogP contribution in [0, 0.1) is 10.8 Å². The zero-order chi connectivity index (χ0) is 15.0. The molecule has 5 nitrogen and oxygen atoms in total. The number of hydrogen-bond donors (Lipinski definition) is 2. The maximum atomic E-state index is 12.8. The third-order valence-electron chi connectivity index (χ3n) is 5.39. The minimum Gasteiger partial charge on any atom is -0.409 e. The molecule has 2 aliphatic carbocycles. The van der Waals surface area contributed by atoms with E-state index in [0.717, 1.165) is 32.1 Å². The van der Waals surface area contributed by atoms with Crippen LogP contribution >= 0.6 is 0 Å². The molecule has 2 rings (SSSR count). The predicted octanol–water partition coefficient (Wildman–Crippen LogP) is 2.33. The molecule has 2 saturated carbocycles. The lowest BCUT2D eigenvalue weighted by Crippen LogP contribution is -2.56. The summed E-state index contributed by atoms with van der Waals surface area (Å²) in [7, 11) is 1.87. The van der Waals surface area contributed by atoms with Gasteiger partial charge in [-0.25, -0.2) is 0 Å². The molecule has 0 aromatic rings. The number of carbonyl (C=O) groups excluding carboxylic acids is 1. The average Bonchev–Trinajstić information content (AvgIpc) is 2.36. The Morgan fingerprint density at radius 2 is 1.80 bits per heavy atom. The normalized spacial score (nSPS) is 25.9. The fourth-order valence-corrected chi connectivity index (χ4v) is 3.48. The van der Waals surface area contributed by atoms with Gasteiger partial charge in [0, 0.05) is 13.1 Å². The van der Waals surface area contributed by atoms with Crippen LogP contribution < -0.4 is 5.73 Å². The smallest absolute Gasteiger partial charge is 0.236 e. The Balaban J connectivity index is 2.06. The molecule has 0 saturated heterocycles. The van der Waals surface area contributed by atoms with Crippen molar-refractivity contribution in [1.29, 1.82) is 0 Å². The molecule has 2 fully saturated rings. The molecule has 0 heterocycles. The summed E-state index contributed by atoms with van der Waals surface area (Å²) in [6, 6.07) is 0.291. The molecule has 0 atom stereocenters. The first-order valence-electron chi connectivity index (χ1n) is 7.58. The monoisotopic (exact) mass is 281 g/mol. The van der Waals surface area contributed by atoms with Gasteiger partial charge >= 0.3 is 0 Å². The van der Waals surface area contributed by atoms with Crippen molar-refractivity contribution in [3.8, 4) is 0 Å². The van der Waals surface area contributed by atoms with Gasteiger partial charge in [-0.15, -0.1) is 0 Å². The number of rotatable bonds is 3. The first-order valence-corrected chi connectivity index (χ1v) is 7.58. The van der Waals surface area contributed by atoms with Gasteiger partial charge in [0.15, 0.2) is 5.84 Å². The number of nitrogens with two attached hydrogens (primary N) is 1. The largest absolute Gasteiger partial charge is 0.409 e. The van der Waals surface area contributed by atoms with Crippen molar-refractivity contribution in [2.45, 2.75) is 64.8 Å². The van der Waals surface area contributed by atoms with Gasteiger partial charge in [-0.2, -0.15) is 0 Å². The Morgan fingerprint density at radius 3 is 2.20 bits per heavy atom. The van der Waals surface area contributed by atoms with E-state index >= 15 is 0 Å². The fourth-order valence-electron chi connectivity index (χ4n) is 3.48. The molecule has 0 unspecified atom stereocenters. The van der Waals surface area contributed by atoms with E-state index in [-0.39, 0.29) is 11.7 Å². The number of oxime groups is 1. The van der Waals surface area contributed by atoms with Crippen LogP contribution in [0.15, 0.2) is 5.16 Å². The molecule has 0 aromatic carbocycles. The second-order valence-electron chi connectivity index (χ2n) is 7.23. The van der Waals surface area contributed by atoms with Crippen LogP contribution in [0.3, 0.4) is 0 Å². The van der Waals surface area contributed by atoms with Crippen LogP contribution in [-0.2, 0) is 4.79 Å². The Morgan fingerprint density at radius 1 is 1.25 bits per heavy atom. The summed E-state index contributed by atoms with van der Waals surface area (Å²) in [5, 5.41) is 12.0. The third kappa shape index (κ3) is 2.50. The van der Waals surface area contributed by atoms with Crippen molar-refractivity contribution in [1.82, 2.24) is 4.90 Å². The summed E-state index contributed by atoms with van der Waals surface area (Å²) >= 11 is 0. The van der Waals surface area contributed by atoms with E-state index in [9.17, 15) is 4.79 Å². The van der Waals surface area contributed by atoms with E-state index in [4.69, 9.17) is 10.9 Å². The molecule has 0 spiro atoms. The number of amidine groups is 1. The van der Waals surface area contributed by atoms with Gasteiger partial charge in [0.1, 0.15) is 5.41 Å². The second-order valence-corrected chi connectivity index (χ2v) is 7.23. The minimum atomic E-state index is -0.740. The lowest BCUT2D eigenvalue weighted by molar-refractivity contribution is -0.144. The zero-order valence-electron chi connectivity index (χ0n) is 12.9. The van der Waals surface area contributed by atoms with Gasteiger partial charge in [0.25, 0.3) is 0 Å². The topological polar surface area (TPSA) is 78.9 Å². The van der Waals surface area contributed by atoms with Crippen molar-refractivity contribution >= 4 is 11.7 Å². The van der Waals surface area contributed by atoms with Crippen molar-refractivity contribution in [2.24, 2.45) is 21.7 Å². The van der Waals surface area contributed by atoms with Crippen LogP contribution in [0.25, 0.3) is 0 Å². The summed E-state index contributed by atoms with van der Waals surface area (Å²) in [4.78, 5) is 14.6. The highest BCUT2D eigenvalue weighted by Gasteiger charge is 2.50. The lowest BCUT2D eigenvalue weighted by atomic mass is 9.66. The first kappa shape index (κ1) is 15.1. The van der Waals surface area contributed by atoms with E-state index in [1.165, 1.54) is 0 Å². The van der Waals surface area contributed by atoms with Crippen molar-refractivity contribution in [3.63, 3.8) is 0 Å². The van der Waals surface area contributed by atoms with Crippen LogP contribution in [0.1, 0.15) is 58.8 Å². The molecule has 0 radical (unpaired) electrons. The van der Waals surface area contributed by atoms with Crippen LogP contribution in [0.4, 0.5) is 0 Å². The highest BCUT2D eigenvalue weighted by molar-refractivity contribution is 6.07. The van der Waals surface area contributed by atoms with Gasteiger partial charge in [-0.1, -0.05) is 25.4 Å². The maximum absolute atomic E-state index is 12.8. The number of carbonyl (C=O) groups is 1. The Bertz CT molecular complexity index is 403. The van der Waals surface area contributed by atoms with E-state index in [1.807, 2.05) is 11.9 Å². The van der Waals surface area contributed by atoms with E-state index < -0.39 is 5.41 Å². The van der Waals surface area contributed by atoms with Crippen LogP contribution in [-0.4, -0.2) is 34.9 Å². The molecular weight excluding hydrogens is 254 g/mol. The molecule has 0 aromatic heterocycles. The predicted molar refractivity (Wildman–Crippen MR) is 78.5 cm³/mol. The first-order chi connectivity index (χ1) is 9.32. The number of amides is 1. The van der Waals surface area contributed by atoms with Crippen LogP contribution in [0.5, 0.6) is 0 Å². The van der Waals surface area contributed by atoms with Crippen molar-refractivity contribution in [3.05, 3.63) is 0 Å². The van der Waals surface area contributed by atoms with Crippen molar-refractivity contribution < 1.29 is 10.0 Å². The quantitative estimate of drug-likeness (QED) is 0.361. The summed E-state index contributed by atoms with van der Waals surface area (Å²) < 4.78 is 0. The highest BCUT2D eigenvalue weighted by Crippen LogP contribution is 2.44. The number of hydrogen-bond acceptors (Lipinski definition) is 3. The van der Waals surface area contributed by atoms with Gasteiger partial charge < -0.3 is 15.8 Å². The molecule has 114 valence electrons. The van der Waals surface area contributed by atoms with Crippen molar-refractivity contribution in [2.75, 3.05) is 7.05 Å². The number of nitrogens with zero attached hydrogens (tertiary/aromatic N) is 2. The van der Waals surface area contributed by atoms with Gasteiger partial charge in [0.2, 0.25) is 5.91 Å². The Labute approximate surface area is 121 Å². The molecule has 3 N–H and O–H groups in total. The molecule has 0 bridgehead atoms. The molecule has 2 aliphatic rings. The summed E-state index contributed by atoms with van der Waals surface area (Å²) in [5.41, 5.74) is 5.43.